The zero-order valence-electron chi connectivity index (χ0n) is 14.8. The Balaban J connectivity index is 1.99. The minimum Gasteiger partial charge on any atom is -0.365 e. The van der Waals surface area contributed by atoms with Gasteiger partial charge in [-0.2, -0.15) is 0 Å². The van der Waals surface area contributed by atoms with E-state index in [1.54, 1.807) is 24.9 Å². The maximum Gasteiger partial charge on any atom is 0.259 e. The Kier molecular flexibility index (Phi) is 4.71. The maximum absolute atomic E-state index is 13.1. The molecule has 0 aliphatic carbocycles. The number of likely N-dealkylation sites (N-methyl/N-ethyl adjacent to an activating group) is 1. The van der Waals surface area contributed by atoms with E-state index < -0.39 is 6.10 Å². The molecule has 0 saturated carbocycles. The minimum absolute atomic E-state index is 0.0978. The molecule has 0 radical (unpaired) electrons. The molecule has 0 spiro atoms. The number of fused-ring (bicyclic) bond motifs is 1. The molecule has 1 unspecified atom stereocenters. The van der Waals surface area contributed by atoms with Crippen LogP contribution < -0.4 is 5.32 Å². The molecule has 0 aromatic carbocycles. The van der Waals surface area contributed by atoms with Gasteiger partial charge in [0.25, 0.3) is 17.5 Å². The van der Waals surface area contributed by atoms with E-state index in [1.165, 1.54) is 0 Å². The molecule has 2 aromatic heterocycles. The summed E-state index contributed by atoms with van der Waals surface area (Å²) in [5.74, 6) is -0.306. The number of carbonyl (C=O) groups is 2. The standard InChI is InChI=1S/C17H22N4O4/c1-9(2)14-13-11(7-10(3)19-16(13)25-20-14)17(23)21-5-6-24-12(8-21)15(22)18-4/h7,9,12H,5-6,8H2,1-4H3,(H,18,22). The highest BCUT2D eigenvalue weighted by Crippen LogP contribution is 2.28. The summed E-state index contributed by atoms with van der Waals surface area (Å²) in [4.78, 5) is 30.9. The van der Waals surface area contributed by atoms with Gasteiger partial charge in [-0.15, -0.1) is 0 Å². The zero-order valence-corrected chi connectivity index (χ0v) is 14.8. The second kappa shape index (κ2) is 6.79. The first-order chi connectivity index (χ1) is 11.9. The molecule has 3 heterocycles. The van der Waals surface area contributed by atoms with Crippen LogP contribution in [0.4, 0.5) is 0 Å². The fraction of sp³-hybridized carbons (Fsp3) is 0.529. The Bertz CT molecular complexity index is 814. The predicted molar refractivity (Wildman–Crippen MR) is 90.3 cm³/mol. The van der Waals surface area contributed by atoms with Crippen molar-refractivity contribution in [1.82, 2.24) is 20.4 Å². The summed E-state index contributed by atoms with van der Waals surface area (Å²) in [5.41, 5.74) is 2.26. The van der Waals surface area contributed by atoms with Crippen LogP contribution >= 0.6 is 0 Å². The highest BCUT2D eigenvalue weighted by Gasteiger charge is 2.31. The third-order valence-electron chi connectivity index (χ3n) is 4.27. The summed E-state index contributed by atoms with van der Waals surface area (Å²) >= 11 is 0. The minimum atomic E-state index is -0.659. The van der Waals surface area contributed by atoms with Crippen LogP contribution in [0.5, 0.6) is 0 Å². The molecule has 1 aliphatic rings. The zero-order chi connectivity index (χ0) is 18.1. The molecular formula is C17H22N4O4. The van der Waals surface area contributed by atoms with Crippen LogP contribution in [0.25, 0.3) is 11.1 Å². The van der Waals surface area contributed by atoms with E-state index in [4.69, 9.17) is 9.26 Å². The van der Waals surface area contributed by atoms with Crippen LogP contribution in [0.15, 0.2) is 10.6 Å². The highest BCUT2D eigenvalue weighted by atomic mass is 16.5. The van der Waals surface area contributed by atoms with Gasteiger partial charge in [0, 0.05) is 19.3 Å². The number of nitrogens with one attached hydrogen (secondary N) is 1. The molecule has 2 aromatic rings. The quantitative estimate of drug-likeness (QED) is 0.898. The lowest BCUT2D eigenvalue weighted by atomic mass is 10.0. The van der Waals surface area contributed by atoms with Crippen molar-refractivity contribution in [2.45, 2.75) is 32.8 Å². The number of morpholine rings is 1. The van der Waals surface area contributed by atoms with Gasteiger partial charge in [0.2, 0.25) is 0 Å². The molecule has 0 bridgehead atoms. The van der Waals surface area contributed by atoms with Crippen molar-refractivity contribution >= 4 is 22.9 Å². The van der Waals surface area contributed by atoms with E-state index in [1.807, 2.05) is 13.8 Å². The van der Waals surface area contributed by atoms with Gasteiger partial charge < -0.3 is 19.5 Å². The Hall–Kier alpha value is -2.48. The van der Waals surface area contributed by atoms with E-state index in [9.17, 15) is 9.59 Å². The van der Waals surface area contributed by atoms with Crippen LogP contribution in [0.1, 0.15) is 41.5 Å². The van der Waals surface area contributed by atoms with Crippen molar-refractivity contribution in [2.75, 3.05) is 26.7 Å². The second-order valence-corrected chi connectivity index (χ2v) is 6.44. The SMILES string of the molecule is CNC(=O)C1CN(C(=O)c2cc(C)nc3onc(C(C)C)c23)CCO1. The molecule has 1 fully saturated rings. The van der Waals surface area contributed by atoms with Gasteiger partial charge in [0.05, 0.1) is 29.8 Å². The summed E-state index contributed by atoms with van der Waals surface area (Å²) in [7, 11) is 1.55. The number of amides is 2. The summed E-state index contributed by atoms with van der Waals surface area (Å²) in [6.45, 7) is 6.74. The van der Waals surface area contributed by atoms with Crippen LogP contribution in [0.3, 0.4) is 0 Å². The third kappa shape index (κ3) is 3.21. The van der Waals surface area contributed by atoms with Gasteiger partial charge in [-0.3, -0.25) is 9.59 Å². The summed E-state index contributed by atoms with van der Waals surface area (Å²) in [5, 5.41) is 7.29. The lowest BCUT2D eigenvalue weighted by molar-refractivity contribution is -0.136. The first kappa shape index (κ1) is 17.3. The Labute approximate surface area is 145 Å². The van der Waals surface area contributed by atoms with Crippen molar-refractivity contribution < 1.29 is 18.8 Å². The van der Waals surface area contributed by atoms with Gasteiger partial charge in [0.15, 0.2) is 6.10 Å². The Morgan fingerprint density at radius 3 is 2.84 bits per heavy atom. The maximum atomic E-state index is 13.1. The first-order valence-corrected chi connectivity index (χ1v) is 8.31. The van der Waals surface area contributed by atoms with Gasteiger partial charge in [-0.1, -0.05) is 19.0 Å². The molecule has 3 rings (SSSR count). The molecule has 2 amide bonds. The van der Waals surface area contributed by atoms with Crippen molar-refractivity contribution in [3.8, 4) is 0 Å². The molecule has 134 valence electrons. The van der Waals surface area contributed by atoms with Crippen LogP contribution in [-0.2, 0) is 9.53 Å². The Morgan fingerprint density at radius 1 is 1.40 bits per heavy atom. The van der Waals surface area contributed by atoms with Crippen LogP contribution in [0, 0.1) is 6.92 Å². The topological polar surface area (TPSA) is 97.6 Å². The van der Waals surface area contributed by atoms with Crippen LogP contribution in [-0.4, -0.2) is 59.7 Å². The van der Waals surface area contributed by atoms with Gasteiger partial charge in [0.1, 0.15) is 0 Å². The van der Waals surface area contributed by atoms with E-state index in [0.29, 0.717) is 41.2 Å². The molecule has 8 heteroatoms. The largest absolute Gasteiger partial charge is 0.365 e. The number of aromatic nitrogens is 2. The van der Waals surface area contributed by atoms with Gasteiger partial charge in [-0.05, 0) is 18.9 Å². The molecule has 1 saturated heterocycles. The molecular weight excluding hydrogens is 324 g/mol. The van der Waals surface area contributed by atoms with E-state index in [2.05, 4.69) is 15.5 Å². The average molecular weight is 346 g/mol. The second-order valence-electron chi connectivity index (χ2n) is 6.44. The average Bonchev–Trinajstić information content (AvgIpc) is 3.03. The third-order valence-corrected chi connectivity index (χ3v) is 4.27. The monoisotopic (exact) mass is 346 g/mol. The smallest absolute Gasteiger partial charge is 0.259 e. The number of hydrogen-bond donors (Lipinski definition) is 1. The van der Waals surface area contributed by atoms with Crippen LogP contribution in [0.2, 0.25) is 0 Å². The summed E-state index contributed by atoms with van der Waals surface area (Å²) < 4.78 is 10.8. The van der Waals surface area contributed by atoms with Crippen molar-refractivity contribution in [3.05, 3.63) is 23.0 Å². The predicted octanol–water partition coefficient (Wildman–Crippen LogP) is 1.24. The number of rotatable bonds is 3. The number of aryl methyl sites for hydroxylation is 1. The molecule has 25 heavy (non-hydrogen) atoms. The fourth-order valence-corrected chi connectivity index (χ4v) is 2.98. The van der Waals surface area contributed by atoms with Crippen molar-refractivity contribution in [1.29, 1.82) is 0 Å². The van der Waals surface area contributed by atoms with Gasteiger partial charge >= 0.3 is 0 Å². The normalized spacial score (nSPS) is 18.0. The summed E-state index contributed by atoms with van der Waals surface area (Å²) in [6, 6.07) is 1.75. The summed E-state index contributed by atoms with van der Waals surface area (Å²) in [6.07, 6.45) is -0.659. The molecule has 1 N–H and O–H groups in total. The van der Waals surface area contributed by atoms with Crippen molar-refractivity contribution in [3.63, 3.8) is 0 Å². The fourth-order valence-electron chi connectivity index (χ4n) is 2.98. The number of ether oxygens (including phenoxy) is 1. The molecule has 1 aliphatic heterocycles. The van der Waals surface area contributed by atoms with Gasteiger partial charge in [-0.25, -0.2) is 4.98 Å². The first-order valence-electron chi connectivity index (χ1n) is 8.31. The number of carbonyl (C=O) groups excluding carboxylic acids is 2. The van der Waals surface area contributed by atoms with E-state index in [0.717, 1.165) is 0 Å². The number of hydrogen-bond acceptors (Lipinski definition) is 6. The lowest BCUT2D eigenvalue weighted by Gasteiger charge is -2.32. The number of pyridine rings is 1. The molecule has 8 nitrogen and oxygen atoms in total. The number of nitrogens with zero attached hydrogens (tertiary/aromatic N) is 3. The lowest BCUT2D eigenvalue weighted by Crippen LogP contribution is -2.51. The Morgan fingerprint density at radius 2 is 2.16 bits per heavy atom. The van der Waals surface area contributed by atoms with Crippen molar-refractivity contribution in [2.24, 2.45) is 0 Å². The highest BCUT2D eigenvalue weighted by molar-refractivity contribution is 6.06. The molecule has 1 atom stereocenters. The van der Waals surface area contributed by atoms with E-state index >= 15 is 0 Å². The van der Waals surface area contributed by atoms with E-state index in [-0.39, 0.29) is 24.3 Å².